The van der Waals surface area contributed by atoms with Crippen LogP contribution in [-0.4, -0.2) is 30.2 Å². The smallest absolute Gasteiger partial charge is 0.293 e. The molecule has 1 aliphatic heterocycles. The van der Waals surface area contributed by atoms with Crippen molar-refractivity contribution in [1.29, 1.82) is 0 Å². The Labute approximate surface area is 179 Å². The van der Waals surface area contributed by atoms with Crippen molar-refractivity contribution in [3.63, 3.8) is 0 Å². The highest BCUT2D eigenvalue weighted by atomic mass is 32.2. The molecule has 2 aromatic heterocycles. The molecule has 1 aliphatic rings. The Morgan fingerprint density at radius 1 is 1.20 bits per heavy atom. The summed E-state index contributed by atoms with van der Waals surface area (Å²) in [4.78, 5) is 17.7. The lowest BCUT2D eigenvalue weighted by Gasteiger charge is -2.26. The summed E-state index contributed by atoms with van der Waals surface area (Å²) in [6.45, 7) is 6.87. The molecule has 4 rings (SSSR count). The third-order valence-corrected chi connectivity index (χ3v) is 7.88. The van der Waals surface area contributed by atoms with Gasteiger partial charge in [-0.05, 0) is 35.2 Å². The lowest BCUT2D eigenvalue weighted by Crippen LogP contribution is -2.35. The molecule has 3 aromatic rings. The van der Waals surface area contributed by atoms with Gasteiger partial charge in [0.2, 0.25) is 10.0 Å². The summed E-state index contributed by atoms with van der Waals surface area (Å²) in [7, 11) is -3.61. The zero-order chi connectivity index (χ0) is 21.5. The first-order chi connectivity index (χ1) is 14.1. The Morgan fingerprint density at radius 3 is 2.57 bits per heavy atom. The van der Waals surface area contributed by atoms with E-state index in [1.807, 2.05) is 12.1 Å². The van der Waals surface area contributed by atoms with Crippen LogP contribution in [0.1, 0.15) is 47.5 Å². The zero-order valence-corrected chi connectivity index (χ0v) is 18.6. The first-order valence-corrected chi connectivity index (χ1v) is 11.8. The number of anilines is 1. The van der Waals surface area contributed by atoms with E-state index in [0.29, 0.717) is 18.1 Å². The van der Waals surface area contributed by atoms with Gasteiger partial charge in [0, 0.05) is 17.8 Å². The minimum absolute atomic E-state index is 0.0402. The van der Waals surface area contributed by atoms with E-state index < -0.39 is 10.0 Å². The van der Waals surface area contributed by atoms with Gasteiger partial charge < -0.3 is 4.42 Å². The average Bonchev–Trinajstić information content (AvgIpc) is 3.36. The average molecular weight is 446 g/mol. The largest absolute Gasteiger partial charge is 0.459 e. The van der Waals surface area contributed by atoms with Crippen molar-refractivity contribution in [2.45, 2.75) is 44.0 Å². The van der Waals surface area contributed by atoms with Crippen LogP contribution >= 0.6 is 11.3 Å². The van der Waals surface area contributed by atoms with Gasteiger partial charge in [-0.2, -0.15) is 4.31 Å². The number of aromatic nitrogens is 1. The van der Waals surface area contributed by atoms with Crippen LogP contribution in [-0.2, 0) is 28.4 Å². The lowest BCUT2D eigenvalue weighted by atomic mass is 9.87. The van der Waals surface area contributed by atoms with Crippen LogP contribution in [0.25, 0.3) is 0 Å². The molecule has 1 amide bonds. The Bertz CT molecular complexity index is 1160. The van der Waals surface area contributed by atoms with Crippen molar-refractivity contribution in [1.82, 2.24) is 9.29 Å². The van der Waals surface area contributed by atoms with Gasteiger partial charge in [-0.3, -0.25) is 10.1 Å². The molecule has 158 valence electrons. The fourth-order valence-electron chi connectivity index (χ4n) is 3.27. The van der Waals surface area contributed by atoms with Gasteiger partial charge in [0.05, 0.1) is 23.4 Å². The van der Waals surface area contributed by atoms with Gasteiger partial charge in [-0.25, -0.2) is 13.4 Å². The maximum Gasteiger partial charge on any atom is 0.293 e. The fraction of sp³-hybridized carbons (Fsp3) is 0.333. The van der Waals surface area contributed by atoms with E-state index in [0.717, 1.165) is 16.1 Å². The Morgan fingerprint density at radius 2 is 1.93 bits per heavy atom. The number of fused-ring (bicyclic) bond motifs is 1. The van der Waals surface area contributed by atoms with Gasteiger partial charge in [-0.1, -0.05) is 32.9 Å². The van der Waals surface area contributed by atoms with Crippen LogP contribution in [0.15, 0.2) is 52.0 Å². The van der Waals surface area contributed by atoms with Gasteiger partial charge in [0.15, 0.2) is 10.9 Å². The number of nitrogens with zero attached hydrogens (tertiary/aromatic N) is 2. The molecule has 0 saturated heterocycles. The van der Waals surface area contributed by atoms with Crippen LogP contribution in [0.3, 0.4) is 0 Å². The molecule has 0 bridgehead atoms. The molecule has 9 heteroatoms. The van der Waals surface area contributed by atoms with Crippen LogP contribution in [0.4, 0.5) is 5.13 Å². The molecule has 30 heavy (non-hydrogen) atoms. The zero-order valence-electron chi connectivity index (χ0n) is 17.0. The predicted molar refractivity (Wildman–Crippen MR) is 115 cm³/mol. The van der Waals surface area contributed by atoms with Crippen molar-refractivity contribution in [3.8, 4) is 0 Å². The Balaban J connectivity index is 1.51. The van der Waals surface area contributed by atoms with E-state index in [4.69, 9.17) is 4.42 Å². The first-order valence-electron chi connectivity index (χ1n) is 9.59. The van der Waals surface area contributed by atoms with Gasteiger partial charge in [0.1, 0.15) is 0 Å². The summed E-state index contributed by atoms with van der Waals surface area (Å²) >= 11 is 1.29. The summed E-state index contributed by atoms with van der Waals surface area (Å²) in [6.07, 6.45) is 1.93. The quantitative estimate of drug-likeness (QED) is 0.654. The SMILES string of the molecule is CC(C)(C)c1ccc(S(=O)(=O)N2CCc3nc(NC(=O)c4ccco4)sc3C2)cc1. The van der Waals surface area contributed by atoms with Gasteiger partial charge >= 0.3 is 0 Å². The first kappa shape index (κ1) is 20.8. The van der Waals surface area contributed by atoms with Crippen molar-refractivity contribution in [2.24, 2.45) is 0 Å². The highest BCUT2D eigenvalue weighted by Crippen LogP contribution is 2.32. The molecule has 0 radical (unpaired) electrons. The van der Waals surface area contributed by atoms with Gasteiger partial charge in [0.25, 0.3) is 5.91 Å². The number of benzene rings is 1. The second-order valence-corrected chi connectivity index (χ2v) is 11.2. The number of amides is 1. The summed E-state index contributed by atoms with van der Waals surface area (Å²) in [6, 6.07) is 10.3. The molecule has 0 unspecified atom stereocenters. The van der Waals surface area contributed by atoms with E-state index in [2.05, 4.69) is 31.1 Å². The van der Waals surface area contributed by atoms with Crippen LogP contribution in [0.5, 0.6) is 0 Å². The number of nitrogens with one attached hydrogen (secondary N) is 1. The van der Waals surface area contributed by atoms with Crippen molar-refractivity contribution >= 4 is 32.4 Å². The number of carbonyl (C=O) groups excluding carboxylic acids is 1. The molecule has 7 nitrogen and oxygen atoms in total. The molecule has 3 heterocycles. The molecule has 0 saturated carbocycles. The number of furan rings is 1. The molecule has 0 spiro atoms. The minimum atomic E-state index is -3.61. The number of thiazole rings is 1. The van der Waals surface area contributed by atoms with Crippen LogP contribution < -0.4 is 5.32 Å². The van der Waals surface area contributed by atoms with Crippen molar-refractivity contribution in [2.75, 3.05) is 11.9 Å². The third-order valence-electron chi connectivity index (χ3n) is 5.02. The highest BCUT2D eigenvalue weighted by molar-refractivity contribution is 7.89. The van der Waals surface area contributed by atoms with Crippen LogP contribution in [0, 0.1) is 0 Å². The molecule has 0 atom stereocenters. The maximum atomic E-state index is 13.1. The molecule has 0 aliphatic carbocycles. The lowest BCUT2D eigenvalue weighted by molar-refractivity contribution is 0.0996. The minimum Gasteiger partial charge on any atom is -0.459 e. The number of hydrogen-bond acceptors (Lipinski definition) is 6. The summed E-state index contributed by atoms with van der Waals surface area (Å²) in [5.41, 5.74) is 1.87. The Hall–Kier alpha value is -2.49. The number of carbonyl (C=O) groups is 1. The van der Waals surface area contributed by atoms with Crippen LogP contribution in [0.2, 0.25) is 0 Å². The normalized spacial score (nSPS) is 15.0. The molecule has 1 N–H and O–H groups in total. The predicted octanol–water partition coefficient (Wildman–Crippen LogP) is 4.03. The third kappa shape index (κ3) is 4.05. The molecular formula is C21H23N3O4S2. The van der Waals surface area contributed by atoms with Gasteiger partial charge in [-0.15, -0.1) is 11.3 Å². The monoisotopic (exact) mass is 445 g/mol. The molecule has 1 aromatic carbocycles. The number of rotatable bonds is 4. The number of hydrogen-bond donors (Lipinski definition) is 1. The topological polar surface area (TPSA) is 92.5 Å². The summed E-state index contributed by atoms with van der Waals surface area (Å²) in [5, 5.41) is 3.15. The summed E-state index contributed by atoms with van der Waals surface area (Å²) < 4.78 is 32.8. The number of sulfonamides is 1. The van der Waals surface area contributed by atoms with Crippen molar-refractivity contribution < 1.29 is 17.6 Å². The van der Waals surface area contributed by atoms with E-state index in [1.165, 1.54) is 21.9 Å². The van der Waals surface area contributed by atoms with E-state index in [-0.39, 0.29) is 28.5 Å². The summed E-state index contributed by atoms with van der Waals surface area (Å²) in [5.74, 6) is -0.180. The standard InChI is InChI=1S/C21H23N3O4S2/c1-21(2,3)14-6-8-15(9-7-14)30(26,27)24-11-10-16-18(13-24)29-20(22-16)23-19(25)17-5-4-12-28-17/h4-9,12H,10-11,13H2,1-3H3,(H,22,23,25). The maximum absolute atomic E-state index is 13.1. The van der Waals surface area contributed by atoms with E-state index in [9.17, 15) is 13.2 Å². The van der Waals surface area contributed by atoms with Crippen molar-refractivity contribution in [3.05, 3.63) is 64.6 Å². The molecule has 0 fully saturated rings. The highest BCUT2D eigenvalue weighted by Gasteiger charge is 2.31. The Kier molecular flexibility index (Phi) is 5.29. The second-order valence-electron chi connectivity index (χ2n) is 8.18. The van der Waals surface area contributed by atoms with E-state index >= 15 is 0 Å². The fourth-order valence-corrected chi connectivity index (χ4v) is 5.78. The molecular weight excluding hydrogens is 422 g/mol. The van der Waals surface area contributed by atoms with E-state index in [1.54, 1.807) is 24.3 Å². The second kappa shape index (κ2) is 7.64.